The molecule has 13 heteroatoms. The van der Waals surface area contributed by atoms with Crippen LogP contribution >= 0.6 is 0 Å². The van der Waals surface area contributed by atoms with Gasteiger partial charge in [-0.2, -0.15) is 0 Å². The van der Waals surface area contributed by atoms with E-state index in [-0.39, 0.29) is 0 Å². The summed E-state index contributed by atoms with van der Waals surface area (Å²) < 4.78 is 16.3. The van der Waals surface area contributed by atoms with Crippen LogP contribution in [0.15, 0.2) is 0 Å². The van der Waals surface area contributed by atoms with E-state index in [4.69, 9.17) is 14.2 Å². The highest BCUT2D eigenvalue weighted by atomic mass is 16.7. The van der Waals surface area contributed by atoms with Crippen molar-refractivity contribution in [3.05, 3.63) is 0 Å². The quantitative estimate of drug-likeness (QED) is 0.202. The van der Waals surface area contributed by atoms with E-state index in [1.807, 2.05) is 0 Å². The molecule has 6 unspecified atom stereocenters. The number of carbonyl (C=O) groups excluding carboxylic acids is 2. The van der Waals surface area contributed by atoms with Crippen LogP contribution in [0.25, 0.3) is 0 Å². The lowest BCUT2D eigenvalue weighted by Crippen LogP contribution is -2.69. The topological polar surface area (TPSA) is 207 Å². The van der Waals surface area contributed by atoms with Crippen LogP contribution in [0.5, 0.6) is 0 Å². The first kappa shape index (κ1) is 23.9. The monoisotopic (exact) mass is 424 g/mol. The van der Waals surface area contributed by atoms with Crippen molar-refractivity contribution >= 4 is 11.8 Å². The van der Waals surface area contributed by atoms with Gasteiger partial charge in [0, 0.05) is 13.8 Å². The van der Waals surface area contributed by atoms with Gasteiger partial charge in [-0.3, -0.25) is 9.59 Å². The molecular weight excluding hydrogens is 396 g/mol. The number of hydrogen-bond donors (Lipinski definition) is 8. The third-order valence-corrected chi connectivity index (χ3v) is 4.78. The van der Waals surface area contributed by atoms with Crippen molar-refractivity contribution in [3.63, 3.8) is 0 Å². The minimum atomic E-state index is -1.64. The molecule has 29 heavy (non-hydrogen) atoms. The van der Waals surface area contributed by atoms with Gasteiger partial charge in [-0.15, -0.1) is 0 Å². The van der Waals surface area contributed by atoms with Crippen LogP contribution in [0.1, 0.15) is 13.8 Å². The zero-order chi connectivity index (χ0) is 21.9. The molecule has 10 atom stereocenters. The smallest absolute Gasteiger partial charge is 0.217 e. The average Bonchev–Trinajstić information content (AvgIpc) is 2.65. The summed E-state index contributed by atoms with van der Waals surface area (Å²) in [6.07, 6.45) is -11.7. The third-order valence-electron chi connectivity index (χ3n) is 4.78. The summed E-state index contributed by atoms with van der Waals surface area (Å²) in [5, 5.41) is 64.5. The number of aliphatic hydroxyl groups excluding tert-OH is 6. The molecule has 2 heterocycles. The van der Waals surface area contributed by atoms with Gasteiger partial charge in [0.15, 0.2) is 12.6 Å². The molecule has 168 valence electrons. The fourth-order valence-electron chi connectivity index (χ4n) is 3.38. The first-order valence-corrected chi connectivity index (χ1v) is 9.05. The van der Waals surface area contributed by atoms with E-state index in [1.165, 1.54) is 0 Å². The predicted molar refractivity (Wildman–Crippen MR) is 91.8 cm³/mol. The molecule has 0 spiro atoms. The van der Waals surface area contributed by atoms with Gasteiger partial charge < -0.3 is 55.5 Å². The molecular formula is C16H28N2O11. The van der Waals surface area contributed by atoms with Crippen LogP contribution in [0.4, 0.5) is 0 Å². The highest BCUT2D eigenvalue weighted by molar-refractivity contribution is 5.73. The summed E-state index contributed by atoms with van der Waals surface area (Å²) in [6, 6.07) is -2.59. The molecule has 0 aromatic heterocycles. The second-order valence-electron chi connectivity index (χ2n) is 7.00. The Morgan fingerprint density at radius 1 is 0.828 bits per heavy atom. The molecule has 2 saturated heterocycles. The Labute approximate surface area is 166 Å². The van der Waals surface area contributed by atoms with Crippen molar-refractivity contribution in [1.29, 1.82) is 0 Å². The van der Waals surface area contributed by atoms with E-state index in [9.17, 15) is 40.2 Å². The Hall–Kier alpha value is -1.42. The fourth-order valence-corrected chi connectivity index (χ4v) is 3.38. The first-order valence-electron chi connectivity index (χ1n) is 9.05. The highest BCUT2D eigenvalue weighted by Gasteiger charge is 2.51. The van der Waals surface area contributed by atoms with Gasteiger partial charge in [0.05, 0.1) is 13.2 Å². The molecule has 0 saturated carbocycles. The van der Waals surface area contributed by atoms with Crippen LogP contribution in [0.3, 0.4) is 0 Å². The summed E-state index contributed by atoms with van der Waals surface area (Å²) in [6.45, 7) is 0.962. The zero-order valence-corrected chi connectivity index (χ0v) is 15.9. The number of carbonyl (C=O) groups is 2. The summed E-state index contributed by atoms with van der Waals surface area (Å²) >= 11 is 0. The molecule has 2 rings (SSSR count). The van der Waals surface area contributed by atoms with E-state index in [0.29, 0.717) is 0 Å². The van der Waals surface area contributed by atoms with Crippen molar-refractivity contribution in [3.8, 4) is 0 Å². The predicted octanol–water partition coefficient (Wildman–Crippen LogP) is -5.11. The SMILES string of the molecule is CC(=O)NC1C(O)[C@H](O)C(CO)O[C@H]1O[C@@H]1C(CO)O[C@@H](O)C(NC(C)=O)C1O. The molecule has 0 radical (unpaired) electrons. The Morgan fingerprint density at radius 2 is 1.38 bits per heavy atom. The second kappa shape index (κ2) is 10.1. The second-order valence-corrected chi connectivity index (χ2v) is 7.00. The van der Waals surface area contributed by atoms with E-state index in [0.717, 1.165) is 13.8 Å². The molecule has 2 aliphatic rings. The van der Waals surface area contributed by atoms with Gasteiger partial charge in [0.2, 0.25) is 11.8 Å². The Bertz CT molecular complexity index is 579. The van der Waals surface area contributed by atoms with Crippen molar-refractivity contribution in [1.82, 2.24) is 10.6 Å². The number of aliphatic hydroxyl groups is 6. The van der Waals surface area contributed by atoms with Crippen molar-refractivity contribution in [2.75, 3.05) is 13.2 Å². The molecule has 13 nitrogen and oxygen atoms in total. The Kier molecular flexibility index (Phi) is 8.28. The van der Waals surface area contributed by atoms with Gasteiger partial charge in [-0.25, -0.2) is 0 Å². The lowest BCUT2D eigenvalue weighted by atomic mass is 9.94. The highest BCUT2D eigenvalue weighted by Crippen LogP contribution is 2.28. The summed E-state index contributed by atoms with van der Waals surface area (Å²) in [5.74, 6) is -1.14. The zero-order valence-electron chi connectivity index (χ0n) is 15.9. The molecule has 2 aliphatic heterocycles. The summed E-state index contributed by atoms with van der Waals surface area (Å²) in [5.41, 5.74) is 0. The van der Waals surface area contributed by atoms with E-state index < -0.39 is 86.3 Å². The maximum atomic E-state index is 11.5. The largest absolute Gasteiger partial charge is 0.394 e. The molecule has 0 aromatic rings. The number of nitrogens with one attached hydrogen (secondary N) is 2. The maximum absolute atomic E-state index is 11.5. The molecule has 8 N–H and O–H groups in total. The molecule has 2 amide bonds. The van der Waals surface area contributed by atoms with Crippen LogP contribution in [0, 0.1) is 0 Å². The van der Waals surface area contributed by atoms with Crippen LogP contribution < -0.4 is 10.6 Å². The minimum Gasteiger partial charge on any atom is -0.394 e. The van der Waals surface area contributed by atoms with Crippen LogP contribution in [-0.4, -0.2) is 117 Å². The standard InChI is InChI=1S/C16H28N2O11/c1-5(21)17-9-13(25)14(8(4-20)27-15(9)26)29-16-10(18-6(2)22)12(24)11(23)7(3-19)28-16/h7-16,19-20,23-26H,3-4H2,1-2H3,(H,17,21)(H,18,22)/t7?,8?,9?,10?,11-,12?,13?,14-,15-,16+/m1/s1. The number of amides is 2. The molecule has 0 aromatic carbocycles. The van der Waals surface area contributed by atoms with Crippen molar-refractivity contribution < 1.29 is 54.4 Å². The van der Waals surface area contributed by atoms with Crippen LogP contribution in [0.2, 0.25) is 0 Å². The third kappa shape index (κ3) is 5.39. The normalized spacial score (nSPS) is 42.9. The maximum Gasteiger partial charge on any atom is 0.217 e. The number of ether oxygens (including phenoxy) is 3. The Morgan fingerprint density at radius 3 is 1.90 bits per heavy atom. The first-order chi connectivity index (χ1) is 13.6. The number of rotatable bonds is 6. The van der Waals surface area contributed by atoms with Gasteiger partial charge in [-0.05, 0) is 0 Å². The van der Waals surface area contributed by atoms with Crippen molar-refractivity contribution in [2.45, 2.75) is 75.1 Å². The number of hydrogen-bond acceptors (Lipinski definition) is 11. The Balaban J connectivity index is 2.26. The van der Waals surface area contributed by atoms with E-state index in [2.05, 4.69) is 10.6 Å². The van der Waals surface area contributed by atoms with Gasteiger partial charge in [-0.1, -0.05) is 0 Å². The molecule has 0 aliphatic carbocycles. The summed E-state index contributed by atoms with van der Waals surface area (Å²) in [7, 11) is 0. The lowest BCUT2D eigenvalue weighted by Gasteiger charge is -2.47. The minimum absolute atomic E-state index is 0.568. The molecule has 0 bridgehead atoms. The molecule has 2 fully saturated rings. The van der Waals surface area contributed by atoms with Crippen molar-refractivity contribution in [2.24, 2.45) is 0 Å². The summed E-state index contributed by atoms with van der Waals surface area (Å²) in [4.78, 5) is 22.8. The average molecular weight is 424 g/mol. The van der Waals surface area contributed by atoms with Gasteiger partial charge >= 0.3 is 0 Å². The van der Waals surface area contributed by atoms with E-state index >= 15 is 0 Å². The van der Waals surface area contributed by atoms with Crippen LogP contribution in [-0.2, 0) is 23.8 Å². The lowest BCUT2D eigenvalue weighted by molar-refractivity contribution is -0.327. The van der Waals surface area contributed by atoms with E-state index in [1.54, 1.807) is 0 Å². The fraction of sp³-hybridized carbons (Fsp3) is 0.875. The van der Waals surface area contributed by atoms with Gasteiger partial charge in [0.25, 0.3) is 0 Å². The van der Waals surface area contributed by atoms with Gasteiger partial charge in [0.1, 0.15) is 48.7 Å².